The number of ether oxygens (including phenoxy) is 1. The predicted molar refractivity (Wildman–Crippen MR) is 74.6 cm³/mol. The van der Waals surface area contributed by atoms with Crippen molar-refractivity contribution >= 4 is 17.7 Å². The Morgan fingerprint density at radius 1 is 1.45 bits per heavy atom. The van der Waals surface area contributed by atoms with Crippen molar-refractivity contribution in [1.29, 1.82) is 0 Å². The molecule has 1 aromatic rings. The van der Waals surface area contributed by atoms with Crippen LogP contribution in [-0.4, -0.2) is 47.4 Å². The first-order valence-corrected chi connectivity index (χ1v) is 7.08. The molecule has 2 saturated heterocycles. The number of β-amino-alcohol motifs (C(OH)–C–C–N with tert-alkyl or cyclic N) is 1. The molecule has 2 heterocycles. The maximum atomic E-state index is 12.0. The second-order valence-corrected chi connectivity index (χ2v) is 5.82. The summed E-state index contributed by atoms with van der Waals surface area (Å²) in [6.07, 6.45) is -0.381. The van der Waals surface area contributed by atoms with Crippen LogP contribution >= 0.6 is 11.6 Å². The summed E-state index contributed by atoms with van der Waals surface area (Å²) in [5, 5.41) is 13.9. The van der Waals surface area contributed by atoms with Crippen LogP contribution in [0.25, 0.3) is 0 Å². The fourth-order valence-electron chi connectivity index (χ4n) is 2.78. The molecule has 0 bridgehead atoms. The Morgan fingerprint density at radius 2 is 2.20 bits per heavy atom. The average Bonchev–Trinajstić information content (AvgIpc) is 2.74. The minimum atomic E-state index is -0.755. The number of halogens is 1. The summed E-state index contributed by atoms with van der Waals surface area (Å²) in [7, 11) is 0. The minimum Gasteiger partial charge on any atom is -0.438 e. The third-order valence-corrected chi connectivity index (χ3v) is 4.22. The first kappa shape index (κ1) is 13.7. The monoisotopic (exact) mass is 296 g/mol. The second kappa shape index (κ2) is 5.24. The Hall–Kier alpha value is -1.30. The van der Waals surface area contributed by atoms with E-state index in [4.69, 9.17) is 16.3 Å². The molecule has 1 amide bonds. The van der Waals surface area contributed by atoms with E-state index < -0.39 is 11.7 Å². The number of carbonyl (C=O) groups is 1. The van der Waals surface area contributed by atoms with Crippen molar-refractivity contribution in [3.05, 3.63) is 34.9 Å². The maximum Gasteiger partial charge on any atom is 0.410 e. The molecule has 1 aromatic carbocycles. The summed E-state index contributed by atoms with van der Waals surface area (Å²) in [6, 6.07) is 7.37. The summed E-state index contributed by atoms with van der Waals surface area (Å²) in [5.74, 6) is 0. The van der Waals surface area contributed by atoms with E-state index in [1.807, 2.05) is 12.1 Å². The highest BCUT2D eigenvalue weighted by molar-refractivity contribution is 6.30. The van der Waals surface area contributed by atoms with Gasteiger partial charge in [-0.15, -0.1) is 0 Å². The normalized spacial score (nSPS) is 29.8. The highest BCUT2D eigenvalue weighted by Crippen LogP contribution is 2.32. The summed E-state index contributed by atoms with van der Waals surface area (Å²) < 4.78 is 5.48. The summed E-state index contributed by atoms with van der Waals surface area (Å²) in [5.41, 5.74) is 0.237. The maximum absolute atomic E-state index is 12.0. The summed E-state index contributed by atoms with van der Waals surface area (Å²) in [4.78, 5) is 13.6. The molecule has 2 N–H and O–H groups in total. The standard InChI is InChI=1S/C14H17ClN2O3/c15-11-3-1-10(2-4-11)8-17-9-14(20-13(17)19)5-6-16-7-12(14)18/h1-4,12,16,18H,5-9H2/t12-,14-/m0/s1. The number of hydrogen-bond donors (Lipinski definition) is 2. The van der Waals surface area contributed by atoms with Crippen molar-refractivity contribution in [3.8, 4) is 0 Å². The zero-order valence-corrected chi connectivity index (χ0v) is 11.8. The highest BCUT2D eigenvalue weighted by Gasteiger charge is 2.51. The van der Waals surface area contributed by atoms with Gasteiger partial charge >= 0.3 is 6.09 Å². The van der Waals surface area contributed by atoms with Gasteiger partial charge in [-0.3, -0.25) is 4.90 Å². The van der Waals surface area contributed by atoms with Crippen molar-refractivity contribution in [2.75, 3.05) is 19.6 Å². The molecule has 2 aliphatic heterocycles. The second-order valence-electron chi connectivity index (χ2n) is 5.39. The lowest BCUT2D eigenvalue weighted by atomic mass is 9.89. The van der Waals surface area contributed by atoms with Crippen LogP contribution in [0.3, 0.4) is 0 Å². The van der Waals surface area contributed by atoms with E-state index >= 15 is 0 Å². The molecule has 0 aliphatic carbocycles. The fraction of sp³-hybridized carbons (Fsp3) is 0.500. The van der Waals surface area contributed by atoms with Gasteiger partial charge in [-0.1, -0.05) is 23.7 Å². The minimum absolute atomic E-state index is 0.360. The highest BCUT2D eigenvalue weighted by atomic mass is 35.5. The molecule has 0 aromatic heterocycles. The quantitative estimate of drug-likeness (QED) is 0.866. The Kier molecular flexibility index (Phi) is 3.58. The first-order valence-electron chi connectivity index (χ1n) is 6.70. The van der Waals surface area contributed by atoms with Crippen LogP contribution in [0, 0.1) is 0 Å². The van der Waals surface area contributed by atoms with Gasteiger partial charge in [0.2, 0.25) is 0 Å². The number of amides is 1. The predicted octanol–water partition coefficient (Wildman–Crippen LogP) is 1.39. The van der Waals surface area contributed by atoms with E-state index in [1.54, 1.807) is 17.0 Å². The topological polar surface area (TPSA) is 61.8 Å². The van der Waals surface area contributed by atoms with Gasteiger partial charge in [0.25, 0.3) is 0 Å². The van der Waals surface area contributed by atoms with E-state index in [-0.39, 0.29) is 6.09 Å². The Morgan fingerprint density at radius 3 is 2.90 bits per heavy atom. The summed E-state index contributed by atoms with van der Waals surface area (Å²) >= 11 is 5.85. The number of carbonyl (C=O) groups excluding carboxylic acids is 1. The van der Waals surface area contributed by atoms with E-state index in [9.17, 15) is 9.90 Å². The zero-order chi connectivity index (χ0) is 14.2. The van der Waals surface area contributed by atoms with Crippen molar-refractivity contribution in [1.82, 2.24) is 10.2 Å². The van der Waals surface area contributed by atoms with Crippen LogP contribution in [0.1, 0.15) is 12.0 Å². The van der Waals surface area contributed by atoms with Crippen LogP contribution in [0.4, 0.5) is 4.79 Å². The largest absolute Gasteiger partial charge is 0.438 e. The molecule has 5 nitrogen and oxygen atoms in total. The Bertz CT molecular complexity index is 508. The zero-order valence-electron chi connectivity index (χ0n) is 11.0. The van der Waals surface area contributed by atoms with Gasteiger partial charge in [0.1, 0.15) is 6.10 Å². The third-order valence-electron chi connectivity index (χ3n) is 3.96. The summed E-state index contributed by atoms with van der Waals surface area (Å²) in [6.45, 7) is 2.11. The molecule has 0 saturated carbocycles. The van der Waals surface area contributed by atoms with Gasteiger partial charge in [0, 0.05) is 24.5 Å². The number of rotatable bonds is 2. The lowest BCUT2D eigenvalue weighted by Gasteiger charge is -2.36. The van der Waals surface area contributed by atoms with Crippen LogP contribution in [-0.2, 0) is 11.3 Å². The van der Waals surface area contributed by atoms with Crippen LogP contribution in [0.2, 0.25) is 5.02 Å². The number of nitrogens with zero attached hydrogens (tertiary/aromatic N) is 1. The van der Waals surface area contributed by atoms with Gasteiger partial charge < -0.3 is 15.2 Å². The van der Waals surface area contributed by atoms with Crippen LogP contribution in [0.15, 0.2) is 24.3 Å². The van der Waals surface area contributed by atoms with Crippen LogP contribution < -0.4 is 5.32 Å². The number of aliphatic hydroxyl groups excluding tert-OH is 1. The molecule has 6 heteroatoms. The lowest BCUT2D eigenvalue weighted by Crippen LogP contribution is -2.56. The van der Waals surface area contributed by atoms with E-state index in [0.29, 0.717) is 31.1 Å². The third kappa shape index (κ3) is 2.49. The van der Waals surface area contributed by atoms with Crippen molar-refractivity contribution in [2.45, 2.75) is 24.7 Å². The molecule has 1 spiro atoms. The molecule has 0 unspecified atom stereocenters. The molecule has 2 aliphatic rings. The van der Waals surface area contributed by atoms with Crippen molar-refractivity contribution in [2.24, 2.45) is 0 Å². The molecule has 2 atom stereocenters. The van der Waals surface area contributed by atoms with Gasteiger partial charge in [0.05, 0.1) is 6.54 Å². The number of piperidine rings is 1. The van der Waals surface area contributed by atoms with Gasteiger partial charge in [-0.2, -0.15) is 0 Å². The van der Waals surface area contributed by atoms with Crippen LogP contribution in [0.5, 0.6) is 0 Å². The Balaban J connectivity index is 1.72. The smallest absolute Gasteiger partial charge is 0.410 e. The lowest BCUT2D eigenvalue weighted by molar-refractivity contribution is -0.0693. The number of nitrogens with one attached hydrogen (secondary N) is 1. The molecule has 3 rings (SSSR count). The fourth-order valence-corrected chi connectivity index (χ4v) is 2.91. The molecular weight excluding hydrogens is 280 g/mol. The SMILES string of the molecule is O=C1O[C@@]2(CCNC[C@@H]2O)CN1Cc1ccc(Cl)cc1. The molecule has 20 heavy (non-hydrogen) atoms. The number of aliphatic hydroxyl groups is 1. The molecule has 108 valence electrons. The van der Waals surface area contributed by atoms with Crippen molar-refractivity contribution < 1.29 is 14.6 Å². The molecule has 2 fully saturated rings. The number of benzene rings is 1. The van der Waals surface area contributed by atoms with Gasteiger partial charge in [0.15, 0.2) is 5.60 Å². The number of hydrogen-bond acceptors (Lipinski definition) is 4. The Labute approximate surface area is 122 Å². The molecule has 0 radical (unpaired) electrons. The van der Waals surface area contributed by atoms with E-state index in [2.05, 4.69) is 5.32 Å². The van der Waals surface area contributed by atoms with Gasteiger partial charge in [-0.25, -0.2) is 4.79 Å². The van der Waals surface area contributed by atoms with Gasteiger partial charge in [-0.05, 0) is 24.2 Å². The molecular formula is C14H17ClN2O3. The van der Waals surface area contributed by atoms with E-state index in [0.717, 1.165) is 12.1 Å². The van der Waals surface area contributed by atoms with Crippen molar-refractivity contribution in [3.63, 3.8) is 0 Å². The first-order chi connectivity index (χ1) is 9.59. The van der Waals surface area contributed by atoms with E-state index in [1.165, 1.54) is 0 Å². The average molecular weight is 297 g/mol.